The molecular formula is C54H55F2N11O6. The minimum atomic E-state index is -0.602. The van der Waals surface area contributed by atoms with Crippen LogP contribution in [0.5, 0.6) is 11.5 Å². The van der Waals surface area contributed by atoms with E-state index in [1.807, 2.05) is 54.6 Å². The third-order valence-electron chi connectivity index (χ3n) is 10.4. The van der Waals surface area contributed by atoms with Crippen LogP contribution in [0.25, 0.3) is 0 Å². The molecule has 1 aliphatic rings. The maximum atomic E-state index is 14.4. The third-order valence-corrected chi connectivity index (χ3v) is 10.4. The zero-order valence-electron chi connectivity index (χ0n) is 40.2. The molecule has 19 heteroatoms. The van der Waals surface area contributed by atoms with Gasteiger partial charge >= 0.3 is 0 Å². The van der Waals surface area contributed by atoms with Gasteiger partial charge in [-0.05, 0) is 109 Å². The number of carbonyl (C=O) groups is 2. The van der Waals surface area contributed by atoms with Crippen LogP contribution in [0.1, 0.15) is 23.4 Å². The van der Waals surface area contributed by atoms with Crippen molar-refractivity contribution in [3.05, 3.63) is 187 Å². The number of aromatic nitrogens is 6. The van der Waals surface area contributed by atoms with E-state index in [4.69, 9.17) is 18.9 Å². The summed E-state index contributed by atoms with van der Waals surface area (Å²) >= 11 is 0. The number of aromatic amines is 1. The van der Waals surface area contributed by atoms with E-state index in [-0.39, 0.29) is 47.9 Å². The molecule has 4 aromatic carbocycles. The lowest BCUT2D eigenvalue weighted by molar-refractivity contribution is -0.114. The predicted octanol–water partition coefficient (Wildman–Crippen LogP) is 9.43. The average molecular weight is 992 g/mol. The molecule has 73 heavy (non-hydrogen) atoms. The summed E-state index contributed by atoms with van der Waals surface area (Å²) in [6.45, 7) is 2.84. The van der Waals surface area contributed by atoms with Gasteiger partial charge in [-0.1, -0.05) is 36.4 Å². The zero-order valence-corrected chi connectivity index (χ0v) is 40.2. The molecule has 3 aromatic heterocycles. The number of rotatable bonds is 25. The molecular weight excluding hydrogens is 937 g/mol. The molecule has 0 saturated heterocycles. The molecule has 0 saturated carbocycles. The SMILES string of the molecule is COCCOc1ccc(Nc2ncc(F)c(Nc3ccc(CC(=O)/C=C/C4=CCCN4)cc3)n2)cc1.COCCOc1ccc(Nc2ncc(F)c(Nc3cccc(CC(=O)/C=C/Cc4ncc[nH]4)c3)n2)cc1. The van der Waals surface area contributed by atoms with Crippen LogP contribution in [-0.4, -0.2) is 88.7 Å². The van der Waals surface area contributed by atoms with Crippen LogP contribution >= 0.6 is 0 Å². The fourth-order valence-corrected chi connectivity index (χ4v) is 6.84. The number of imidazole rings is 1. The van der Waals surface area contributed by atoms with Gasteiger partial charge in [-0.25, -0.2) is 23.7 Å². The molecule has 376 valence electrons. The number of hydrogen-bond acceptors (Lipinski definition) is 16. The maximum Gasteiger partial charge on any atom is 0.229 e. The first-order valence-electron chi connectivity index (χ1n) is 23.2. The minimum absolute atomic E-state index is 0.0115. The van der Waals surface area contributed by atoms with Crippen molar-refractivity contribution < 1.29 is 37.3 Å². The van der Waals surface area contributed by atoms with Gasteiger partial charge in [0.1, 0.15) is 30.5 Å². The van der Waals surface area contributed by atoms with Crippen LogP contribution < -0.4 is 36.1 Å². The molecule has 0 atom stereocenters. The lowest BCUT2D eigenvalue weighted by atomic mass is 10.1. The zero-order chi connectivity index (χ0) is 51.0. The molecule has 0 aliphatic carbocycles. The van der Waals surface area contributed by atoms with Gasteiger partial charge in [-0.15, -0.1) is 0 Å². The molecule has 6 N–H and O–H groups in total. The molecule has 0 radical (unpaired) electrons. The van der Waals surface area contributed by atoms with E-state index in [0.29, 0.717) is 55.7 Å². The van der Waals surface area contributed by atoms with Gasteiger partial charge in [0.25, 0.3) is 0 Å². The second-order valence-electron chi connectivity index (χ2n) is 16.0. The Morgan fingerprint density at radius 1 is 0.644 bits per heavy atom. The van der Waals surface area contributed by atoms with Crippen LogP contribution in [0.4, 0.5) is 55.1 Å². The van der Waals surface area contributed by atoms with Crippen molar-refractivity contribution in [3.8, 4) is 11.5 Å². The lowest BCUT2D eigenvalue weighted by Crippen LogP contribution is -2.06. The Morgan fingerprint density at radius 3 is 1.77 bits per heavy atom. The molecule has 0 amide bonds. The summed E-state index contributed by atoms with van der Waals surface area (Å²) in [5.74, 6) is 1.51. The summed E-state index contributed by atoms with van der Waals surface area (Å²) < 4.78 is 49.8. The molecule has 17 nitrogen and oxygen atoms in total. The summed E-state index contributed by atoms with van der Waals surface area (Å²) in [6.07, 6.45) is 16.4. The van der Waals surface area contributed by atoms with Crippen molar-refractivity contribution in [3.63, 3.8) is 0 Å². The fourth-order valence-electron chi connectivity index (χ4n) is 6.84. The second kappa shape index (κ2) is 27.5. The van der Waals surface area contributed by atoms with Gasteiger partial charge in [0.15, 0.2) is 34.8 Å². The number of ether oxygens (including phenoxy) is 4. The van der Waals surface area contributed by atoms with Crippen molar-refractivity contribution in [2.45, 2.75) is 25.7 Å². The van der Waals surface area contributed by atoms with Gasteiger partial charge < -0.3 is 50.5 Å². The van der Waals surface area contributed by atoms with E-state index in [1.54, 1.807) is 93.4 Å². The van der Waals surface area contributed by atoms with Crippen LogP contribution in [0, 0.1) is 11.6 Å². The van der Waals surface area contributed by atoms with Crippen LogP contribution in [0.2, 0.25) is 0 Å². The molecule has 8 rings (SSSR count). The van der Waals surface area contributed by atoms with Gasteiger partial charge in [-0.3, -0.25) is 9.59 Å². The first-order valence-corrected chi connectivity index (χ1v) is 23.2. The number of benzene rings is 4. The monoisotopic (exact) mass is 991 g/mol. The normalized spacial score (nSPS) is 11.9. The first kappa shape index (κ1) is 52.0. The minimum Gasteiger partial charge on any atom is -0.491 e. The largest absolute Gasteiger partial charge is 0.491 e. The Labute approximate surface area is 421 Å². The summed E-state index contributed by atoms with van der Waals surface area (Å²) in [6, 6.07) is 28.9. The smallest absolute Gasteiger partial charge is 0.229 e. The maximum absolute atomic E-state index is 14.4. The summed E-state index contributed by atoms with van der Waals surface area (Å²) in [7, 11) is 3.23. The predicted molar refractivity (Wildman–Crippen MR) is 276 cm³/mol. The number of hydrogen-bond donors (Lipinski definition) is 6. The Bertz CT molecular complexity index is 2950. The Hall–Kier alpha value is -8.81. The molecule has 4 heterocycles. The molecule has 0 spiro atoms. The van der Waals surface area contributed by atoms with Gasteiger partial charge in [-0.2, -0.15) is 9.97 Å². The standard InChI is InChI=1S/C27H27FN6O3.C27H28FN5O3/c1-36-14-15-37-23-10-8-20(9-11-23)33-27-31-18-24(28)26(34-27)32-21-5-2-4-19(16-21)17-22(35)6-3-7-25-29-12-13-30-25;1-35-15-16-36-24-12-9-22(10-13-24)32-27-30-18-25(28)26(33-27)31-21-6-4-19(5-7-21)17-23(34)11-8-20-3-2-14-29-20/h2-6,8-13,16,18H,7,14-15,17H2,1H3,(H,29,30)(H2,31,32,33,34);3-13,18,29H,2,14-17H2,1H3,(H2,30,31,32,33)/b6-3+;11-8+. The highest BCUT2D eigenvalue weighted by molar-refractivity contribution is 5.92. The lowest BCUT2D eigenvalue weighted by Gasteiger charge is -2.11. The number of halogens is 2. The Morgan fingerprint density at radius 2 is 1.21 bits per heavy atom. The summed E-state index contributed by atoms with van der Waals surface area (Å²) in [5.41, 5.74) is 5.33. The number of anilines is 8. The highest BCUT2D eigenvalue weighted by Crippen LogP contribution is 2.25. The molecule has 0 fully saturated rings. The topological polar surface area (TPSA) is 211 Å². The van der Waals surface area contributed by atoms with Crippen molar-refractivity contribution in [1.82, 2.24) is 35.2 Å². The van der Waals surface area contributed by atoms with Crippen molar-refractivity contribution in [1.29, 1.82) is 0 Å². The fraction of sp³-hybridized carbons (Fsp3) is 0.204. The van der Waals surface area contributed by atoms with Crippen molar-refractivity contribution in [2.24, 2.45) is 0 Å². The molecule has 0 unspecified atom stereocenters. The first-order chi connectivity index (χ1) is 35.7. The number of allylic oxidation sites excluding steroid dienone is 4. The van der Waals surface area contributed by atoms with E-state index in [1.165, 1.54) is 0 Å². The number of ketones is 2. The average Bonchev–Trinajstić information content (AvgIpc) is 4.13. The second-order valence-corrected chi connectivity index (χ2v) is 16.0. The summed E-state index contributed by atoms with van der Waals surface area (Å²) in [5, 5.41) is 15.2. The quantitative estimate of drug-likeness (QED) is 0.0233. The third kappa shape index (κ3) is 17.5. The number of nitrogens with one attached hydrogen (secondary N) is 6. The van der Waals surface area contributed by atoms with Crippen molar-refractivity contribution in [2.75, 3.05) is 68.5 Å². The number of nitrogens with zero attached hydrogens (tertiary/aromatic N) is 5. The van der Waals surface area contributed by atoms with Crippen LogP contribution in [0.15, 0.2) is 158 Å². The molecule has 1 aliphatic heterocycles. The highest BCUT2D eigenvalue weighted by atomic mass is 19.1. The van der Waals surface area contributed by atoms with Crippen molar-refractivity contribution >= 4 is 57.8 Å². The summed E-state index contributed by atoms with van der Waals surface area (Å²) in [4.78, 5) is 48.2. The highest BCUT2D eigenvalue weighted by Gasteiger charge is 2.12. The number of methoxy groups -OCH3 is 2. The Kier molecular flexibility index (Phi) is 19.6. The Balaban J connectivity index is 0.000000214. The van der Waals surface area contributed by atoms with Gasteiger partial charge in [0.05, 0.1) is 25.6 Å². The van der Waals surface area contributed by atoms with Gasteiger partial charge in [0.2, 0.25) is 11.9 Å². The van der Waals surface area contributed by atoms with Gasteiger partial charge in [0, 0.05) is 80.9 Å². The number of carbonyl (C=O) groups excluding carboxylic acids is 2. The van der Waals surface area contributed by atoms with E-state index >= 15 is 0 Å². The van der Waals surface area contributed by atoms with E-state index in [2.05, 4.69) is 62.6 Å². The molecule has 7 aromatic rings. The number of H-pyrrole nitrogens is 1. The van der Waals surface area contributed by atoms with Crippen LogP contribution in [0.3, 0.4) is 0 Å². The van der Waals surface area contributed by atoms with Crippen LogP contribution in [-0.2, 0) is 38.3 Å². The van der Waals surface area contributed by atoms with E-state index in [0.717, 1.165) is 59.4 Å². The van der Waals surface area contributed by atoms with E-state index < -0.39 is 11.6 Å². The van der Waals surface area contributed by atoms with E-state index in [9.17, 15) is 18.4 Å². The molecule has 0 bridgehead atoms.